The zero-order valence-corrected chi connectivity index (χ0v) is 14.0. The van der Waals surface area contributed by atoms with Crippen LogP contribution in [0.3, 0.4) is 0 Å². The molecule has 0 atom stereocenters. The van der Waals surface area contributed by atoms with Gasteiger partial charge in [-0.05, 0) is 12.1 Å². The number of rotatable bonds is 5. The highest BCUT2D eigenvalue weighted by Crippen LogP contribution is 2.26. The Morgan fingerprint density at radius 3 is 2.78 bits per heavy atom. The van der Waals surface area contributed by atoms with E-state index in [4.69, 9.17) is 4.74 Å². The number of nitrogens with one attached hydrogen (secondary N) is 1. The van der Waals surface area contributed by atoms with Gasteiger partial charge in [0.05, 0.1) is 11.9 Å². The molecule has 27 heavy (non-hydrogen) atoms. The van der Waals surface area contributed by atoms with Gasteiger partial charge in [-0.25, -0.2) is 4.98 Å². The van der Waals surface area contributed by atoms with Crippen LogP contribution in [-0.2, 0) is 18.4 Å². The van der Waals surface area contributed by atoms with Gasteiger partial charge in [0.1, 0.15) is 24.0 Å². The van der Waals surface area contributed by atoms with Crippen molar-refractivity contribution in [1.82, 2.24) is 19.3 Å². The van der Waals surface area contributed by atoms with Crippen molar-refractivity contribution in [2.75, 3.05) is 11.9 Å². The lowest BCUT2D eigenvalue weighted by molar-refractivity contribution is -0.153. The number of carbonyl (C=O) groups is 1. The largest absolute Gasteiger partial charge is 0.482 e. The molecule has 2 aromatic heterocycles. The number of nitrogens with zero attached hydrogens (tertiary/aromatic N) is 4. The second-order valence-electron chi connectivity index (χ2n) is 5.63. The first-order chi connectivity index (χ1) is 12.7. The highest BCUT2D eigenvalue weighted by atomic mass is 19.4. The molecule has 11 heteroatoms. The molecule has 2 heterocycles. The van der Waals surface area contributed by atoms with Crippen LogP contribution in [0.2, 0.25) is 0 Å². The van der Waals surface area contributed by atoms with Crippen LogP contribution in [-0.4, -0.2) is 38.0 Å². The van der Waals surface area contributed by atoms with Crippen LogP contribution in [0.15, 0.2) is 41.6 Å². The minimum atomic E-state index is -4.50. The number of alkyl halides is 3. The zero-order chi connectivity index (χ0) is 19.6. The summed E-state index contributed by atoms with van der Waals surface area (Å²) >= 11 is 0. The molecule has 3 rings (SSSR count). The topological polar surface area (TPSA) is 91.0 Å². The van der Waals surface area contributed by atoms with Crippen LogP contribution in [0.25, 0.3) is 11.0 Å². The summed E-state index contributed by atoms with van der Waals surface area (Å²) in [7, 11) is 1.63. The van der Waals surface area contributed by atoms with Gasteiger partial charge in [0, 0.05) is 7.05 Å². The van der Waals surface area contributed by atoms with Crippen LogP contribution < -0.4 is 15.6 Å². The fraction of sp³-hybridized carbons (Fsp3) is 0.250. The lowest BCUT2D eigenvalue weighted by atomic mass is 10.3. The Bertz CT molecular complexity index is 1040. The molecule has 0 bridgehead atoms. The number of aryl methyl sites for hydroxylation is 1. The molecular formula is C16H14F3N5O3. The molecule has 0 aliphatic carbocycles. The molecule has 0 spiro atoms. The molecule has 0 unspecified atom stereocenters. The van der Waals surface area contributed by atoms with E-state index in [1.165, 1.54) is 41.5 Å². The average Bonchev–Trinajstić information content (AvgIpc) is 2.98. The van der Waals surface area contributed by atoms with E-state index < -0.39 is 24.2 Å². The SMILES string of the molecule is Cn1ncc2c(=O)n(CC(=O)Nc3ccccc3OCC(F)(F)F)cnc21. The first-order valence-corrected chi connectivity index (χ1v) is 7.70. The second-order valence-corrected chi connectivity index (χ2v) is 5.63. The fourth-order valence-electron chi connectivity index (χ4n) is 2.38. The Hall–Kier alpha value is -3.37. The number of fused-ring (bicyclic) bond motifs is 1. The average molecular weight is 381 g/mol. The summed E-state index contributed by atoms with van der Waals surface area (Å²) in [6.07, 6.45) is -1.95. The minimum Gasteiger partial charge on any atom is -0.482 e. The summed E-state index contributed by atoms with van der Waals surface area (Å²) in [5.74, 6) is -0.749. The number of para-hydroxylation sites is 2. The van der Waals surface area contributed by atoms with E-state index >= 15 is 0 Å². The van der Waals surface area contributed by atoms with Gasteiger partial charge in [0.2, 0.25) is 5.91 Å². The lowest BCUT2D eigenvalue weighted by Crippen LogP contribution is -2.28. The number of ether oxygens (including phenoxy) is 1. The van der Waals surface area contributed by atoms with E-state index in [1.54, 1.807) is 7.05 Å². The van der Waals surface area contributed by atoms with Crippen molar-refractivity contribution >= 4 is 22.6 Å². The molecular weight excluding hydrogens is 367 g/mol. The third kappa shape index (κ3) is 4.25. The predicted octanol–water partition coefficient (Wildman–Crippen LogP) is 1.71. The smallest absolute Gasteiger partial charge is 0.422 e. The van der Waals surface area contributed by atoms with Gasteiger partial charge in [0.25, 0.3) is 5.56 Å². The summed E-state index contributed by atoms with van der Waals surface area (Å²) in [4.78, 5) is 28.7. The number of aromatic nitrogens is 4. The Labute approximate surface area is 150 Å². The number of benzene rings is 1. The van der Waals surface area contributed by atoms with Gasteiger partial charge in [0.15, 0.2) is 12.3 Å². The lowest BCUT2D eigenvalue weighted by Gasteiger charge is -2.14. The van der Waals surface area contributed by atoms with Crippen molar-refractivity contribution in [3.05, 3.63) is 47.1 Å². The highest BCUT2D eigenvalue weighted by molar-refractivity contribution is 5.92. The first kappa shape index (κ1) is 18.4. The number of halogens is 3. The van der Waals surface area contributed by atoms with E-state index in [1.807, 2.05) is 0 Å². The molecule has 1 aromatic carbocycles. The van der Waals surface area contributed by atoms with Crippen LogP contribution in [0, 0.1) is 0 Å². The van der Waals surface area contributed by atoms with E-state index in [0.29, 0.717) is 5.65 Å². The number of anilines is 1. The number of amides is 1. The van der Waals surface area contributed by atoms with Gasteiger partial charge < -0.3 is 10.1 Å². The third-order valence-electron chi connectivity index (χ3n) is 3.58. The van der Waals surface area contributed by atoms with Crippen molar-refractivity contribution in [3.63, 3.8) is 0 Å². The molecule has 0 saturated heterocycles. The molecule has 0 saturated carbocycles. The summed E-state index contributed by atoms with van der Waals surface area (Å²) < 4.78 is 44.2. The van der Waals surface area contributed by atoms with Crippen molar-refractivity contribution in [2.24, 2.45) is 7.05 Å². The summed E-state index contributed by atoms with van der Waals surface area (Å²) in [6, 6.07) is 5.71. The van der Waals surface area contributed by atoms with Gasteiger partial charge in [-0.2, -0.15) is 18.3 Å². The molecule has 0 fully saturated rings. The minimum absolute atomic E-state index is 0.0650. The molecule has 142 valence electrons. The monoisotopic (exact) mass is 381 g/mol. The molecule has 3 aromatic rings. The predicted molar refractivity (Wildman–Crippen MR) is 89.4 cm³/mol. The van der Waals surface area contributed by atoms with Crippen molar-refractivity contribution < 1.29 is 22.7 Å². The van der Waals surface area contributed by atoms with E-state index in [-0.39, 0.29) is 23.4 Å². The van der Waals surface area contributed by atoms with Gasteiger partial charge in [-0.1, -0.05) is 12.1 Å². The summed E-state index contributed by atoms with van der Waals surface area (Å²) in [5, 5.41) is 6.62. The maximum Gasteiger partial charge on any atom is 0.422 e. The van der Waals surface area contributed by atoms with Crippen LogP contribution in [0.1, 0.15) is 0 Å². The molecule has 0 aliphatic heterocycles. The van der Waals surface area contributed by atoms with Crippen molar-refractivity contribution in [2.45, 2.75) is 12.7 Å². The summed E-state index contributed by atoms with van der Waals surface area (Å²) in [5.41, 5.74) is -0.0115. The maximum absolute atomic E-state index is 12.3. The van der Waals surface area contributed by atoms with E-state index in [2.05, 4.69) is 15.4 Å². The van der Waals surface area contributed by atoms with Gasteiger partial charge in [-0.15, -0.1) is 0 Å². The second kappa shape index (κ2) is 7.09. The zero-order valence-electron chi connectivity index (χ0n) is 14.0. The molecule has 1 N–H and O–H groups in total. The Balaban J connectivity index is 1.75. The van der Waals surface area contributed by atoms with E-state index in [9.17, 15) is 22.8 Å². The summed E-state index contributed by atoms with van der Waals surface area (Å²) in [6.45, 7) is -1.86. The standard InChI is InChI=1S/C16H14F3N5O3/c1-23-14-10(6-21-23)15(26)24(9-20-14)7-13(25)22-11-4-2-3-5-12(11)27-8-16(17,18)19/h2-6,9H,7-8H2,1H3,(H,22,25). The van der Waals surface area contributed by atoms with Crippen molar-refractivity contribution in [3.8, 4) is 5.75 Å². The van der Waals surface area contributed by atoms with Gasteiger partial charge >= 0.3 is 6.18 Å². The van der Waals surface area contributed by atoms with Crippen molar-refractivity contribution in [1.29, 1.82) is 0 Å². The number of hydrogen-bond acceptors (Lipinski definition) is 5. The van der Waals surface area contributed by atoms with Crippen LogP contribution in [0.5, 0.6) is 5.75 Å². The Morgan fingerprint density at radius 1 is 1.30 bits per heavy atom. The quantitative estimate of drug-likeness (QED) is 0.727. The molecule has 8 nitrogen and oxygen atoms in total. The Morgan fingerprint density at radius 2 is 2.04 bits per heavy atom. The molecule has 0 radical (unpaired) electrons. The van der Waals surface area contributed by atoms with E-state index in [0.717, 1.165) is 4.57 Å². The Kier molecular flexibility index (Phi) is 4.84. The van der Waals surface area contributed by atoms with Crippen LogP contribution >= 0.6 is 0 Å². The maximum atomic E-state index is 12.3. The first-order valence-electron chi connectivity index (χ1n) is 7.70. The highest BCUT2D eigenvalue weighted by Gasteiger charge is 2.28. The third-order valence-corrected chi connectivity index (χ3v) is 3.58. The number of hydrogen-bond donors (Lipinski definition) is 1. The fourth-order valence-corrected chi connectivity index (χ4v) is 2.38. The van der Waals surface area contributed by atoms with Crippen LogP contribution in [0.4, 0.5) is 18.9 Å². The normalized spacial score (nSPS) is 11.6. The molecule has 0 aliphatic rings. The number of carbonyl (C=O) groups excluding carboxylic acids is 1. The molecule has 1 amide bonds. The van der Waals surface area contributed by atoms with Gasteiger partial charge in [-0.3, -0.25) is 18.8 Å².